The van der Waals surface area contributed by atoms with Crippen LogP contribution in [-0.2, 0) is 21.7 Å². The molecule has 4 saturated carbocycles. The van der Waals surface area contributed by atoms with Crippen molar-refractivity contribution >= 4 is 17.1 Å². The van der Waals surface area contributed by atoms with E-state index in [4.69, 9.17) is 0 Å². The van der Waals surface area contributed by atoms with Crippen LogP contribution in [0.2, 0.25) is 0 Å². The molecule has 5 aromatic rings. The number of anilines is 3. The van der Waals surface area contributed by atoms with Crippen LogP contribution in [0, 0.1) is 29.1 Å². The molecular formula is C51H51N. The van der Waals surface area contributed by atoms with Gasteiger partial charge in [-0.05, 0) is 164 Å². The average molecular weight is 678 g/mol. The lowest BCUT2D eigenvalue weighted by molar-refractivity contribution is -0.231. The summed E-state index contributed by atoms with van der Waals surface area (Å²) < 4.78 is 0. The molecule has 0 N–H and O–H groups in total. The first kappa shape index (κ1) is 30.4. The van der Waals surface area contributed by atoms with E-state index in [0.29, 0.717) is 5.41 Å². The third-order valence-corrected chi connectivity index (χ3v) is 16.8. The molecule has 6 atom stereocenters. The van der Waals surface area contributed by atoms with E-state index in [9.17, 15) is 0 Å². The van der Waals surface area contributed by atoms with Crippen molar-refractivity contribution < 1.29 is 0 Å². The topological polar surface area (TPSA) is 3.24 Å². The molecule has 7 aliphatic rings. The van der Waals surface area contributed by atoms with Gasteiger partial charge in [0.1, 0.15) is 0 Å². The Morgan fingerprint density at radius 3 is 1.96 bits per heavy atom. The van der Waals surface area contributed by atoms with Crippen LogP contribution in [0.15, 0.2) is 103 Å². The SMILES string of the molecule is CC1(C)CCC(C)(C)c2c(N(c3ccc4c(c3)-c3ccccc3C4(C)C)c3ccc4c(c3)C3(c5ccccc5-4)C4CC5CC6CC3C64C5)cccc21. The summed E-state index contributed by atoms with van der Waals surface area (Å²) >= 11 is 0. The van der Waals surface area contributed by atoms with Gasteiger partial charge < -0.3 is 4.90 Å². The molecule has 0 aromatic heterocycles. The highest BCUT2D eigenvalue weighted by atomic mass is 15.1. The summed E-state index contributed by atoms with van der Waals surface area (Å²) in [4.78, 5) is 2.69. The van der Waals surface area contributed by atoms with Crippen molar-refractivity contribution in [3.05, 3.63) is 137 Å². The lowest BCUT2D eigenvalue weighted by Crippen LogP contribution is -2.73. The maximum Gasteiger partial charge on any atom is 0.0502 e. The van der Waals surface area contributed by atoms with E-state index in [0.717, 1.165) is 23.7 Å². The smallest absolute Gasteiger partial charge is 0.0502 e. The van der Waals surface area contributed by atoms with Gasteiger partial charge in [0, 0.05) is 22.2 Å². The van der Waals surface area contributed by atoms with E-state index in [1.807, 2.05) is 0 Å². The van der Waals surface area contributed by atoms with E-state index in [-0.39, 0.29) is 21.7 Å². The van der Waals surface area contributed by atoms with Gasteiger partial charge in [-0.3, -0.25) is 0 Å². The molecule has 52 heavy (non-hydrogen) atoms. The molecule has 2 spiro atoms. The van der Waals surface area contributed by atoms with Crippen LogP contribution < -0.4 is 4.90 Å². The summed E-state index contributed by atoms with van der Waals surface area (Å²) in [5, 5.41) is 0. The Bertz CT molecular complexity index is 2410. The molecule has 4 fully saturated rings. The molecule has 0 heterocycles. The van der Waals surface area contributed by atoms with Gasteiger partial charge in [-0.1, -0.05) is 114 Å². The third-order valence-electron chi connectivity index (χ3n) is 16.8. The van der Waals surface area contributed by atoms with Gasteiger partial charge in [-0.15, -0.1) is 0 Å². The van der Waals surface area contributed by atoms with Crippen molar-refractivity contribution in [1.29, 1.82) is 0 Å². The predicted molar refractivity (Wildman–Crippen MR) is 215 cm³/mol. The largest absolute Gasteiger partial charge is 0.310 e. The van der Waals surface area contributed by atoms with Crippen molar-refractivity contribution in [2.24, 2.45) is 29.1 Å². The van der Waals surface area contributed by atoms with E-state index < -0.39 is 0 Å². The fourth-order valence-electron chi connectivity index (χ4n) is 14.6. The quantitative estimate of drug-likeness (QED) is 0.184. The molecule has 5 aromatic carbocycles. The van der Waals surface area contributed by atoms with Crippen molar-refractivity contribution in [2.75, 3.05) is 4.90 Å². The Morgan fingerprint density at radius 2 is 1.15 bits per heavy atom. The van der Waals surface area contributed by atoms with Crippen molar-refractivity contribution in [1.82, 2.24) is 0 Å². The zero-order valence-corrected chi connectivity index (χ0v) is 31.8. The summed E-state index contributed by atoms with van der Waals surface area (Å²) in [5.41, 5.74) is 20.0. The highest BCUT2D eigenvalue weighted by molar-refractivity contribution is 5.91. The fourth-order valence-corrected chi connectivity index (χ4v) is 14.6. The van der Waals surface area contributed by atoms with Gasteiger partial charge in [0.25, 0.3) is 0 Å². The zero-order valence-electron chi connectivity index (χ0n) is 31.8. The molecule has 0 aliphatic heterocycles. The first-order valence-corrected chi connectivity index (χ1v) is 20.4. The Labute approximate surface area is 310 Å². The van der Waals surface area contributed by atoms with Crippen LogP contribution in [0.5, 0.6) is 0 Å². The molecule has 12 rings (SSSR count). The normalized spacial score (nSPS) is 31.8. The van der Waals surface area contributed by atoms with E-state index in [1.54, 1.807) is 11.1 Å². The van der Waals surface area contributed by atoms with Gasteiger partial charge >= 0.3 is 0 Å². The van der Waals surface area contributed by atoms with Crippen LogP contribution in [0.25, 0.3) is 22.3 Å². The second kappa shape index (κ2) is 9.33. The number of nitrogens with zero attached hydrogens (tertiary/aromatic N) is 1. The van der Waals surface area contributed by atoms with Crippen LogP contribution in [0.3, 0.4) is 0 Å². The minimum absolute atomic E-state index is 0.0135. The number of hydrogen-bond acceptors (Lipinski definition) is 1. The minimum atomic E-state index is -0.0135. The Hall–Kier alpha value is -4.10. The van der Waals surface area contributed by atoms with Gasteiger partial charge in [0.15, 0.2) is 0 Å². The van der Waals surface area contributed by atoms with Gasteiger partial charge in [0.05, 0.1) is 5.69 Å². The van der Waals surface area contributed by atoms with E-state index in [1.165, 1.54) is 100 Å². The Balaban J connectivity index is 1.11. The summed E-state index contributed by atoms with van der Waals surface area (Å²) in [7, 11) is 0. The highest BCUT2D eigenvalue weighted by Crippen LogP contribution is 2.89. The first-order chi connectivity index (χ1) is 25.0. The second-order valence-corrected chi connectivity index (χ2v) is 20.0. The fraction of sp³-hybridized carbons (Fsp3) is 0.412. The second-order valence-electron chi connectivity index (χ2n) is 20.0. The van der Waals surface area contributed by atoms with Crippen LogP contribution in [0.4, 0.5) is 17.1 Å². The predicted octanol–water partition coefficient (Wildman–Crippen LogP) is 13.1. The number of fused-ring (bicyclic) bond motifs is 12. The Morgan fingerprint density at radius 1 is 0.519 bits per heavy atom. The van der Waals surface area contributed by atoms with Gasteiger partial charge in [-0.2, -0.15) is 0 Å². The molecule has 7 aliphatic carbocycles. The number of benzene rings is 5. The lowest BCUT2D eigenvalue weighted by Gasteiger charge is -2.76. The Kier molecular flexibility index (Phi) is 5.45. The monoisotopic (exact) mass is 677 g/mol. The van der Waals surface area contributed by atoms with Crippen molar-refractivity contribution in [3.8, 4) is 22.3 Å². The van der Waals surface area contributed by atoms with Gasteiger partial charge in [0.2, 0.25) is 0 Å². The molecule has 1 heteroatoms. The molecule has 6 unspecified atom stereocenters. The van der Waals surface area contributed by atoms with Crippen LogP contribution in [-0.4, -0.2) is 0 Å². The van der Waals surface area contributed by atoms with E-state index in [2.05, 4.69) is 150 Å². The molecule has 0 amide bonds. The van der Waals surface area contributed by atoms with Gasteiger partial charge in [-0.25, -0.2) is 0 Å². The molecular weight excluding hydrogens is 627 g/mol. The summed E-state index contributed by atoms with van der Waals surface area (Å²) in [5.74, 6) is 3.55. The van der Waals surface area contributed by atoms with Crippen molar-refractivity contribution in [2.45, 2.75) is 102 Å². The highest BCUT2D eigenvalue weighted by Gasteiger charge is 2.84. The maximum absolute atomic E-state index is 2.70. The molecule has 0 saturated heterocycles. The number of rotatable bonds is 3. The number of hydrogen-bond donors (Lipinski definition) is 0. The zero-order chi connectivity index (χ0) is 35.2. The molecule has 1 nitrogen and oxygen atoms in total. The molecule has 0 radical (unpaired) electrons. The van der Waals surface area contributed by atoms with Crippen LogP contribution in [0.1, 0.15) is 113 Å². The maximum atomic E-state index is 2.70. The van der Waals surface area contributed by atoms with Crippen LogP contribution >= 0.6 is 0 Å². The standard InChI is InChI=1S/C51H51N/c1-47(2)22-23-48(3,4)46-41(47)16-11-17-43(46)52(32-19-21-39-37(27-32)35-13-7-9-14-38(35)49(39,5)6)33-18-20-36-34-12-8-10-15-40(34)51(42(36)28-33)44-25-30-24-31-26-45(51)50(31,44)29-30/h7-21,27-28,30-31,44-45H,22-26,29H2,1-6H3. The average Bonchev–Trinajstić information content (AvgIpc) is 3.82. The summed E-state index contributed by atoms with van der Waals surface area (Å²) in [6.45, 7) is 14.7. The summed E-state index contributed by atoms with van der Waals surface area (Å²) in [6, 6.07) is 41.0. The molecule has 2 bridgehead atoms. The first-order valence-electron chi connectivity index (χ1n) is 20.4. The minimum Gasteiger partial charge on any atom is -0.310 e. The van der Waals surface area contributed by atoms with Crippen molar-refractivity contribution in [3.63, 3.8) is 0 Å². The molecule has 260 valence electrons. The lowest BCUT2D eigenvalue weighted by atomic mass is 9.27. The van der Waals surface area contributed by atoms with E-state index >= 15 is 0 Å². The summed E-state index contributed by atoms with van der Waals surface area (Å²) in [6.07, 6.45) is 8.29. The third kappa shape index (κ3) is 3.28.